The zero-order valence-corrected chi connectivity index (χ0v) is 16.7. The molecule has 0 aliphatic carbocycles. The Hall–Kier alpha value is -2.45. The zero-order chi connectivity index (χ0) is 19.7. The molecule has 1 fully saturated rings. The molecule has 8 heteroatoms. The molecule has 3 heterocycles. The maximum Gasteiger partial charge on any atom is 0.286 e. The minimum atomic E-state index is -0.208. The van der Waals surface area contributed by atoms with Crippen molar-refractivity contribution < 1.29 is 9.18 Å². The average molecular weight is 399 g/mol. The van der Waals surface area contributed by atoms with Gasteiger partial charge < -0.3 is 4.90 Å². The molecule has 2 aromatic rings. The van der Waals surface area contributed by atoms with Crippen molar-refractivity contribution in [2.45, 2.75) is 13.5 Å². The molecule has 146 valence electrons. The molecule has 1 amide bonds. The largest absolute Gasteiger partial charge is 0.348 e. The fourth-order valence-corrected chi connectivity index (χ4v) is 4.23. The number of amidine groups is 1. The Bertz CT molecular complexity index is 942. The fraction of sp³-hybridized carbons (Fsp3) is 0.350. The van der Waals surface area contributed by atoms with E-state index in [0.29, 0.717) is 4.91 Å². The maximum absolute atomic E-state index is 13.0. The highest BCUT2D eigenvalue weighted by molar-refractivity contribution is 8.18. The molecule has 0 bridgehead atoms. The Balaban J connectivity index is 1.35. The molecule has 0 saturated carbocycles. The van der Waals surface area contributed by atoms with Gasteiger partial charge in [-0.25, -0.2) is 4.39 Å². The van der Waals surface area contributed by atoms with Crippen molar-refractivity contribution >= 4 is 28.9 Å². The van der Waals surface area contributed by atoms with E-state index in [1.54, 1.807) is 10.9 Å². The molecule has 4 rings (SSSR count). The highest BCUT2D eigenvalue weighted by Gasteiger charge is 2.28. The van der Waals surface area contributed by atoms with Crippen LogP contribution in [0.4, 0.5) is 4.39 Å². The molecule has 1 aromatic heterocycles. The van der Waals surface area contributed by atoms with Crippen LogP contribution < -0.4 is 0 Å². The van der Waals surface area contributed by atoms with Crippen molar-refractivity contribution in [2.24, 2.45) is 12.0 Å². The summed E-state index contributed by atoms with van der Waals surface area (Å²) < 4.78 is 14.8. The van der Waals surface area contributed by atoms with Gasteiger partial charge in [0.2, 0.25) is 0 Å². The van der Waals surface area contributed by atoms with Crippen molar-refractivity contribution in [2.75, 3.05) is 26.2 Å². The molecule has 28 heavy (non-hydrogen) atoms. The number of thioether (sulfide) groups is 1. The predicted octanol–water partition coefficient (Wildman–Crippen LogP) is 2.66. The Kier molecular flexibility index (Phi) is 5.32. The minimum Gasteiger partial charge on any atom is -0.348 e. The van der Waals surface area contributed by atoms with Crippen molar-refractivity contribution in [3.05, 3.63) is 58.0 Å². The smallest absolute Gasteiger partial charge is 0.286 e. The van der Waals surface area contributed by atoms with Gasteiger partial charge in [0.25, 0.3) is 5.91 Å². The van der Waals surface area contributed by atoms with E-state index < -0.39 is 0 Å². The van der Waals surface area contributed by atoms with Crippen LogP contribution in [-0.2, 0) is 18.4 Å². The van der Waals surface area contributed by atoms with Crippen LogP contribution in [0.5, 0.6) is 0 Å². The topological polar surface area (TPSA) is 53.7 Å². The number of carbonyl (C=O) groups excluding carboxylic acids is 1. The van der Waals surface area contributed by atoms with E-state index in [1.807, 2.05) is 32.2 Å². The molecular formula is C20H22FN5OS. The number of benzene rings is 1. The average Bonchev–Trinajstić information content (AvgIpc) is 3.21. The molecular weight excluding hydrogens is 377 g/mol. The Morgan fingerprint density at radius 1 is 1.18 bits per heavy atom. The van der Waals surface area contributed by atoms with Gasteiger partial charge >= 0.3 is 0 Å². The molecule has 1 aromatic carbocycles. The lowest BCUT2D eigenvalue weighted by molar-refractivity contribution is -0.113. The van der Waals surface area contributed by atoms with E-state index in [-0.39, 0.29) is 11.7 Å². The zero-order valence-electron chi connectivity index (χ0n) is 15.9. The number of piperazine rings is 1. The van der Waals surface area contributed by atoms with Crippen LogP contribution in [-0.4, -0.2) is 56.8 Å². The number of nitrogens with zero attached hydrogens (tertiary/aromatic N) is 5. The molecule has 1 saturated heterocycles. The molecule has 2 aliphatic rings. The van der Waals surface area contributed by atoms with Crippen molar-refractivity contribution in [1.29, 1.82) is 0 Å². The number of amides is 1. The number of rotatable bonds is 3. The number of aryl methyl sites for hydroxylation is 1. The molecule has 0 N–H and O–H groups in total. The SMILES string of the molecule is Cc1c(C=C2SC(N3CCN(Cc4ccc(F)cc4)CC3)=NC2=O)cnn1C. The first-order chi connectivity index (χ1) is 13.5. The summed E-state index contributed by atoms with van der Waals surface area (Å²) in [6.45, 7) is 6.18. The van der Waals surface area contributed by atoms with Crippen LogP contribution in [0.25, 0.3) is 6.08 Å². The van der Waals surface area contributed by atoms with Crippen LogP contribution >= 0.6 is 11.8 Å². The summed E-state index contributed by atoms with van der Waals surface area (Å²) in [6.07, 6.45) is 3.64. The lowest BCUT2D eigenvalue weighted by Gasteiger charge is -2.35. The van der Waals surface area contributed by atoms with E-state index in [4.69, 9.17) is 0 Å². The third-order valence-corrected chi connectivity index (χ3v) is 6.18. The van der Waals surface area contributed by atoms with Crippen molar-refractivity contribution in [1.82, 2.24) is 19.6 Å². The van der Waals surface area contributed by atoms with Gasteiger partial charge in [-0.05, 0) is 42.5 Å². The molecule has 0 radical (unpaired) electrons. The van der Waals surface area contributed by atoms with Gasteiger partial charge in [0.15, 0.2) is 5.17 Å². The Morgan fingerprint density at radius 3 is 2.54 bits per heavy atom. The first-order valence-corrected chi connectivity index (χ1v) is 10.0. The number of aromatic nitrogens is 2. The number of hydrogen-bond acceptors (Lipinski definition) is 5. The number of hydrogen-bond donors (Lipinski definition) is 0. The predicted molar refractivity (Wildman–Crippen MR) is 109 cm³/mol. The molecule has 2 aliphatic heterocycles. The monoisotopic (exact) mass is 399 g/mol. The maximum atomic E-state index is 13.0. The number of halogens is 1. The van der Waals surface area contributed by atoms with E-state index >= 15 is 0 Å². The first-order valence-electron chi connectivity index (χ1n) is 9.22. The molecule has 0 spiro atoms. The van der Waals surface area contributed by atoms with Crippen molar-refractivity contribution in [3.63, 3.8) is 0 Å². The lowest BCUT2D eigenvalue weighted by Crippen LogP contribution is -2.47. The van der Waals surface area contributed by atoms with E-state index in [2.05, 4.69) is 19.9 Å². The van der Waals surface area contributed by atoms with Gasteiger partial charge in [-0.3, -0.25) is 14.4 Å². The highest BCUT2D eigenvalue weighted by atomic mass is 32.2. The van der Waals surface area contributed by atoms with Gasteiger partial charge in [0.1, 0.15) is 5.82 Å². The minimum absolute atomic E-state index is 0.183. The number of carbonyl (C=O) groups is 1. The van der Waals surface area contributed by atoms with Gasteiger partial charge in [0, 0.05) is 51.0 Å². The van der Waals surface area contributed by atoms with Crippen LogP contribution in [0.1, 0.15) is 16.8 Å². The quantitative estimate of drug-likeness (QED) is 0.743. The van der Waals surface area contributed by atoms with Crippen LogP contribution in [0.15, 0.2) is 40.4 Å². The highest BCUT2D eigenvalue weighted by Crippen LogP contribution is 2.31. The second-order valence-corrected chi connectivity index (χ2v) is 8.02. The summed E-state index contributed by atoms with van der Waals surface area (Å²) in [5.74, 6) is -0.392. The van der Waals surface area contributed by atoms with Gasteiger partial charge in [0.05, 0.1) is 11.1 Å². The molecule has 6 nitrogen and oxygen atoms in total. The van der Waals surface area contributed by atoms with E-state index in [1.165, 1.54) is 23.9 Å². The first kappa shape index (κ1) is 18.9. The van der Waals surface area contributed by atoms with Crippen LogP contribution in [0, 0.1) is 12.7 Å². The standard InChI is InChI=1S/C20H22FN5OS/c1-14-16(12-22-24(14)2)11-18-19(27)23-20(28-18)26-9-7-25(8-10-26)13-15-3-5-17(21)6-4-15/h3-6,11-12H,7-10,13H2,1-2H3. The Morgan fingerprint density at radius 2 is 1.89 bits per heavy atom. The summed E-state index contributed by atoms with van der Waals surface area (Å²) in [7, 11) is 1.88. The molecule has 0 unspecified atom stereocenters. The summed E-state index contributed by atoms with van der Waals surface area (Å²) in [6, 6.07) is 6.65. The van der Waals surface area contributed by atoms with Crippen LogP contribution in [0.3, 0.4) is 0 Å². The fourth-order valence-electron chi connectivity index (χ4n) is 3.28. The summed E-state index contributed by atoms with van der Waals surface area (Å²) >= 11 is 1.44. The third-order valence-electron chi connectivity index (χ3n) is 5.13. The summed E-state index contributed by atoms with van der Waals surface area (Å²) in [5, 5.41) is 4.99. The normalized spacial score (nSPS) is 19.5. The van der Waals surface area contributed by atoms with Crippen molar-refractivity contribution in [3.8, 4) is 0 Å². The van der Waals surface area contributed by atoms with Crippen LogP contribution in [0.2, 0.25) is 0 Å². The second kappa shape index (κ2) is 7.89. The number of aliphatic imine (C=N–C) groups is 1. The van der Waals surface area contributed by atoms with E-state index in [0.717, 1.165) is 54.7 Å². The third kappa shape index (κ3) is 4.02. The summed E-state index contributed by atoms with van der Waals surface area (Å²) in [4.78, 5) is 21.7. The van der Waals surface area contributed by atoms with E-state index in [9.17, 15) is 9.18 Å². The molecule has 0 atom stereocenters. The second-order valence-electron chi connectivity index (χ2n) is 7.01. The Labute approximate surface area is 167 Å². The lowest BCUT2D eigenvalue weighted by atomic mass is 10.2. The van der Waals surface area contributed by atoms with Gasteiger partial charge in [-0.2, -0.15) is 10.1 Å². The van der Waals surface area contributed by atoms with Gasteiger partial charge in [-0.15, -0.1) is 0 Å². The summed E-state index contributed by atoms with van der Waals surface area (Å²) in [5.41, 5.74) is 3.07. The van der Waals surface area contributed by atoms with Gasteiger partial charge in [-0.1, -0.05) is 12.1 Å².